The van der Waals surface area contributed by atoms with Crippen LogP contribution in [0.25, 0.3) is 11.0 Å². The average Bonchev–Trinajstić information content (AvgIpc) is 2.95. The largest absolute Gasteiger partial charge is 0.482 e. The van der Waals surface area contributed by atoms with Gasteiger partial charge in [0.25, 0.3) is 0 Å². The molecule has 0 radical (unpaired) electrons. The first kappa shape index (κ1) is 13.7. The molecule has 0 spiro atoms. The first-order valence-corrected chi connectivity index (χ1v) is 6.94. The Bertz CT molecular complexity index is 786. The third kappa shape index (κ3) is 2.29. The average molecular weight is 285 g/mol. The predicted octanol–water partition coefficient (Wildman–Crippen LogP) is 2.82. The number of nitrogens with two attached hydrogens (primary N) is 1. The standard InChI is InChI=1S/C16H19N3O2/c1-10-16(11(2)19(3)18-10)20-9-15-13(8-17)12-6-4-5-7-14(12)21-15/h4-7H,8-9,17H2,1-3H3. The summed E-state index contributed by atoms with van der Waals surface area (Å²) in [6, 6.07) is 7.90. The van der Waals surface area contributed by atoms with E-state index in [4.69, 9.17) is 14.9 Å². The predicted molar refractivity (Wildman–Crippen MR) is 81.1 cm³/mol. The van der Waals surface area contributed by atoms with Crippen LogP contribution >= 0.6 is 0 Å². The number of nitrogens with zero attached hydrogens (tertiary/aromatic N) is 2. The lowest BCUT2D eigenvalue weighted by molar-refractivity contribution is 0.269. The lowest BCUT2D eigenvalue weighted by atomic mass is 10.1. The van der Waals surface area contributed by atoms with Crippen molar-refractivity contribution < 1.29 is 9.15 Å². The van der Waals surface area contributed by atoms with Crippen LogP contribution in [0.15, 0.2) is 28.7 Å². The van der Waals surface area contributed by atoms with Crippen LogP contribution in [0, 0.1) is 13.8 Å². The smallest absolute Gasteiger partial charge is 0.163 e. The van der Waals surface area contributed by atoms with Crippen LogP contribution in [-0.2, 0) is 20.2 Å². The van der Waals surface area contributed by atoms with Gasteiger partial charge in [0, 0.05) is 24.5 Å². The second kappa shape index (κ2) is 5.26. The van der Waals surface area contributed by atoms with Crippen molar-refractivity contribution in [1.29, 1.82) is 0 Å². The number of hydrogen-bond acceptors (Lipinski definition) is 4. The maximum atomic E-state index is 5.91. The summed E-state index contributed by atoms with van der Waals surface area (Å²) >= 11 is 0. The molecule has 0 unspecified atom stereocenters. The summed E-state index contributed by atoms with van der Waals surface area (Å²) in [7, 11) is 1.90. The first-order chi connectivity index (χ1) is 10.1. The topological polar surface area (TPSA) is 66.2 Å². The van der Waals surface area contributed by atoms with Crippen LogP contribution in [0.1, 0.15) is 22.7 Å². The fourth-order valence-corrected chi connectivity index (χ4v) is 2.59. The molecule has 0 aliphatic rings. The molecule has 0 amide bonds. The Morgan fingerprint density at radius 3 is 2.71 bits per heavy atom. The molecule has 2 aromatic heterocycles. The van der Waals surface area contributed by atoms with E-state index < -0.39 is 0 Å². The van der Waals surface area contributed by atoms with Gasteiger partial charge in [-0.3, -0.25) is 4.68 Å². The highest BCUT2D eigenvalue weighted by Gasteiger charge is 2.16. The fraction of sp³-hybridized carbons (Fsp3) is 0.312. The monoisotopic (exact) mass is 285 g/mol. The number of fused-ring (bicyclic) bond motifs is 1. The van der Waals surface area contributed by atoms with E-state index >= 15 is 0 Å². The molecule has 3 aromatic rings. The third-order valence-electron chi connectivity index (χ3n) is 3.78. The van der Waals surface area contributed by atoms with Gasteiger partial charge in [0.05, 0.1) is 5.69 Å². The van der Waals surface area contributed by atoms with E-state index in [1.54, 1.807) is 0 Å². The van der Waals surface area contributed by atoms with Gasteiger partial charge in [-0.1, -0.05) is 18.2 Å². The van der Waals surface area contributed by atoms with Crippen molar-refractivity contribution in [3.05, 3.63) is 47.0 Å². The molecule has 0 bridgehead atoms. The van der Waals surface area contributed by atoms with E-state index in [1.807, 2.05) is 49.8 Å². The van der Waals surface area contributed by atoms with Crippen LogP contribution < -0.4 is 10.5 Å². The first-order valence-electron chi connectivity index (χ1n) is 6.94. The Hall–Kier alpha value is -2.27. The Morgan fingerprint density at radius 2 is 2.05 bits per heavy atom. The minimum atomic E-state index is 0.356. The summed E-state index contributed by atoms with van der Waals surface area (Å²) in [5.41, 5.74) is 9.58. The van der Waals surface area contributed by atoms with Gasteiger partial charge in [-0.05, 0) is 19.9 Å². The highest BCUT2D eigenvalue weighted by atomic mass is 16.5. The van der Waals surface area contributed by atoms with Crippen LogP contribution in [-0.4, -0.2) is 9.78 Å². The quantitative estimate of drug-likeness (QED) is 0.800. The van der Waals surface area contributed by atoms with Gasteiger partial charge in [0.1, 0.15) is 23.6 Å². The Kier molecular flexibility index (Phi) is 3.43. The van der Waals surface area contributed by atoms with Crippen molar-refractivity contribution in [2.24, 2.45) is 12.8 Å². The molecule has 110 valence electrons. The summed E-state index contributed by atoms with van der Waals surface area (Å²) in [5.74, 6) is 1.59. The molecular formula is C16H19N3O2. The molecule has 0 saturated carbocycles. The molecule has 2 N–H and O–H groups in total. The number of aryl methyl sites for hydroxylation is 2. The summed E-state index contributed by atoms with van der Waals surface area (Å²) < 4.78 is 13.6. The van der Waals surface area contributed by atoms with E-state index in [2.05, 4.69) is 5.10 Å². The van der Waals surface area contributed by atoms with Gasteiger partial charge in [0.2, 0.25) is 0 Å². The van der Waals surface area contributed by atoms with Gasteiger partial charge in [-0.15, -0.1) is 0 Å². The zero-order valence-electron chi connectivity index (χ0n) is 12.5. The maximum absolute atomic E-state index is 5.91. The minimum absolute atomic E-state index is 0.356. The van der Waals surface area contributed by atoms with Gasteiger partial charge in [0.15, 0.2) is 5.75 Å². The lowest BCUT2D eigenvalue weighted by Gasteiger charge is -2.06. The SMILES string of the molecule is Cc1nn(C)c(C)c1OCc1oc2ccccc2c1CN. The van der Waals surface area contributed by atoms with Crippen molar-refractivity contribution in [3.63, 3.8) is 0 Å². The van der Waals surface area contributed by atoms with E-state index in [0.717, 1.165) is 39.4 Å². The molecule has 5 heteroatoms. The molecule has 0 atom stereocenters. The summed E-state index contributed by atoms with van der Waals surface area (Å²) in [5, 5.41) is 5.40. The normalized spacial score (nSPS) is 11.2. The van der Waals surface area contributed by atoms with Crippen LogP contribution in [0.3, 0.4) is 0 Å². The zero-order valence-corrected chi connectivity index (χ0v) is 12.5. The fourth-order valence-electron chi connectivity index (χ4n) is 2.59. The number of furan rings is 1. The molecule has 5 nitrogen and oxygen atoms in total. The minimum Gasteiger partial charge on any atom is -0.482 e. The number of para-hydroxylation sites is 1. The molecule has 2 heterocycles. The Morgan fingerprint density at radius 1 is 1.29 bits per heavy atom. The highest BCUT2D eigenvalue weighted by Crippen LogP contribution is 2.28. The van der Waals surface area contributed by atoms with Gasteiger partial charge >= 0.3 is 0 Å². The highest BCUT2D eigenvalue weighted by molar-refractivity contribution is 5.82. The lowest BCUT2D eigenvalue weighted by Crippen LogP contribution is -2.03. The molecule has 3 rings (SSSR count). The van der Waals surface area contributed by atoms with Crippen LogP contribution in [0.4, 0.5) is 0 Å². The van der Waals surface area contributed by atoms with E-state index in [0.29, 0.717) is 13.2 Å². The Labute approximate surface area is 123 Å². The number of benzene rings is 1. The van der Waals surface area contributed by atoms with Crippen molar-refractivity contribution >= 4 is 11.0 Å². The van der Waals surface area contributed by atoms with Crippen molar-refractivity contribution in [2.45, 2.75) is 27.0 Å². The molecule has 21 heavy (non-hydrogen) atoms. The zero-order chi connectivity index (χ0) is 15.0. The van der Waals surface area contributed by atoms with Crippen LogP contribution in [0.5, 0.6) is 5.75 Å². The number of rotatable bonds is 4. The molecule has 0 fully saturated rings. The van der Waals surface area contributed by atoms with Crippen molar-refractivity contribution in [2.75, 3.05) is 0 Å². The number of ether oxygens (including phenoxy) is 1. The second-order valence-corrected chi connectivity index (χ2v) is 5.12. The molecule has 0 aliphatic carbocycles. The van der Waals surface area contributed by atoms with Gasteiger partial charge in [-0.2, -0.15) is 5.10 Å². The van der Waals surface area contributed by atoms with E-state index in [1.165, 1.54) is 0 Å². The van der Waals surface area contributed by atoms with Crippen molar-refractivity contribution in [3.8, 4) is 5.75 Å². The molecule has 0 saturated heterocycles. The third-order valence-corrected chi connectivity index (χ3v) is 3.78. The summed E-state index contributed by atoms with van der Waals surface area (Å²) in [4.78, 5) is 0. The number of hydrogen-bond donors (Lipinski definition) is 1. The van der Waals surface area contributed by atoms with E-state index in [9.17, 15) is 0 Å². The van der Waals surface area contributed by atoms with E-state index in [-0.39, 0.29) is 0 Å². The Balaban J connectivity index is 1.91. The van der Waals surface area contributed by atoms with Gasteiger partial charge < -0.3 is 14.9 Å². The number of aromatic nitrogens is 2. The van der Waals surface area contributed by atoms with Gasteiger partial charge in [-0.25, -0.2) is 0 Å². The summed E-state index contributed by atoms with van der Waals surface area (Å²) in [6.45, 7) is 4.71. The molecular weight excluding hydrogens is 266 g/mol. The second-order valence-electron chi connectivity index (χ2n) is 5.12. The maximum Gasteiger partial charge on any atom is 0.163 e. The van der Waals surface area contributed by atoms with Crippen LogP contribution in [0.2, 0.25) is 0 Å². The molecule has 0 aliphatic heterocycles. The summed E-state index contributed by atoms with van der Waals surface area (Å²) in [6.07, 6.45) is 0. The van der Waals surface area contributed by atoms with Crippen molar-refractivity contribution in [1.82, 2.24) is 9.78 Å². The molecule has 1 aromatic carbocycles.